The van der Waals surface area contributed by atoms with Crippen molar-refractivity contribution in [3.05, 3.63) is 68.3 Å². The number of non-ortho nitro benzene ring substituents is 2. The van der Waals surface area contributed by atoms with Crippen LogP contribution in [0.25, 0.3) is 0 Å². The maximum Gasteiger partial charge on any atom is 0.341 e. The van der Waals surface area contributed by atoms with Gasteiger partial charge in [0.2, 0.25) is 0 Å². The number of carbonyl (C=O) groups excluding carboxylic acids is 1. The number of carboxylic acid groups (broad SMARTS) is 1. The predicted molar refractivity (Wildman–Crippen MR) is 87.3 cm³/mol. The van der Waals surface area contributed by atoms with E-state index < -0.39 is 39.7 Å². The van der Waals surface area contributed by atoms with E-state index in [1.807, 2.05) is 0 Å². The molecule has 2 aromatic carbocycles. The van der Waals surface area contributed by atoms with Crippen molar-refractivity contribution in [2.75, 3.05) is 11.9 Å². The monoisotopic (exact) mass is 361 g/mol. The Kier molecular flexibility index (Phi) is 5.43. The van der Waals surface area contributed by atoms with Gasteiger partial charge in [-0.3, -0.25) is 25.0 Å². The predicted octanol–water partition coefficient (Wildman–Crippen LogP) is 2.22. The molecule has 0 radical (unpaired) electrons. The number of ether oxygens (including phenoxy) is 1. The summed E-state index contributed by atoms with van der Waals surface area (Å²) < 4.78 is 4.93. The van der Waals surface area contributed by atoms with E-state index in [4.69, 9.17) is 9.84 Å². The third-order valence-electron chi connectivity index (χ3n) is 3.06. The molecule has 0 atom stereocenters. The summed E-state index contributed by atoms with van der Waals surface area (Å²) >= 11 is 0. The quantitative estimate of drug-likeness (QED) is 0.560. The number of nitrogens with zero attached hydrogens (tertiary/aromatic N) is 2. The highest BCUT2D eigenvalue weighted by molar-refractivity contribution is 6.05. The highest BCUT2D eigenvalue weighted by Crippen LogP contribution is 2.24. The summed E-state index contributed by atoms with van der Waals surface area (Å²) in [7, 11) is 0. The molecule has 0 aliphatic heterocycles. The van der Waals surface area contributed by atoms with Crippen LogP contribution >= 0.6 is 0 Å². The van der Waals surface area contributed by atoms with Crippen molar-refractivity contribution in [1.29, 1.82) is 0 Å². The number of nitrogens with one attached hydrogen (secondary N) is 1. The van der Waals surface area contributed by atoms with Gasteiger partial charge in [-0.05, 0) is 24.3 Å². The molecule has 2 rings (SSSR count). The zero-order chi connectivity index (χ0) is 19.3. The lowest BCUT2D eigenvalue weighted by Gasteiger charge is -2.07. The molecule has 1 amide bonds. The number of aliphatic carboxylic acids is 1. The number of nitro groups is 2. The van der Waals surface area contributed by atoms with Gasteiger partial charge in [0.05, 0.1) is 21.5 Å². The van der Waals surface area contributed by atoms with Crippen LogP contribution in [0.2, 0.25) is 0 Å². The maximum atomic E-state index is 12.2. The lowest BCUT2D eigenvalue weighted by molar-refractivity contribution is -0.394. The Labute approximate surface area is 145 Å². The van der Waals surface area contributed by atoms with Crippen LogP contribution in [0.1, 0.15) is 10.4 Å². The summed E-state index contributed by atoms with van der Waals surface area (Å²) in [5.41, 5.74) is -1.13. The molecular formula is C15H11N3O8. The van der Waals surface area contributed by atoms with E-state index in [0.29, 0.717) is 0 Å². The van der Waals surface area contributed by atoms with Crippen molar-refractivity contribution in [1.82, 2.24) is 0 Å². The normalized spacial score (nSPS) is 10.0. The number of benzene rings is 2. The first-order valence-electron chi connectivity index (χ1n) is 6.96. The summed E-state index contributed by atoms with van der Waals surface area (Å²) in [6.45, 7) is -0.525. The fourth-order valence-corrected chi connectivity index (χ4v) is 1.92. The summed E-state index contributed by atoms with van der Waals surface area (Å²) in [5.74, 6) is -1.66. The highest BCUT2D eigenvalue weighted by atomic mass is 16.6. The molecule has 0 fully saturated rings. The van der Waals surface area contributed by atoms with Gasteiger partial charge >= 0.3 is 5.97 Å². The highest BCUT2D eigenvalue weighted by Gasteiger charge is 2.20. The number of hydrogen-bond donors (Lipinski definition) is 2. The molecule has 0 saturated carbocycles. The van der Waals surface area contributed by atoms with Gasteiger partial charge in [0.15, 0.2) is 6.61 Å². The molecule has 11 heteroatoms. The average Bonchev–Trinajstić information content (AvgIpc) is 2.60. The molecule has 2 aromatic rings. The standard InChI is InChI=1S/C15H11N3O8/c19-14(20)8-26-13-3-1-10(2-4-13)16-15(21)9-5-11(17(22)23)7-12(6-9)18(24)25/h1-7H,8H2,(H,16,21)(H,19,20). The first-order valence-corrected chi connectivity index (χ1v) is 6.96. The molecule has 0 unspecified atom stereocenters. The van der Waals surface area contributed by atoms with Gasteiger partial charge < -0.3 is 15.2 Å². The molecule has 0 bridgehead atoms. The number of nitro benzene ring substituents is 2. The summed E-state index contributed by atoms with van der Waals surface area (Å²) in [5, 5.41) is 32.6. The van der Waals surface area contributed by atoms with E-state index >= 15 is 0 Å². The van der Waals surface area contributed by atoms with Crippen molar-refractivity contribution < 1.29 is 29.3 Å². The minimum Gasteiger partial charge on any atom is -0.482 e. The lowest BCUT2D eigenvalue weighted by Crippen LogP contribution is -2.13. The van der Waals surface area contributed by atoms with Gasteiger partial charge in [-0.2, -0.15) is 0 Å². The van der Waals surface area contributed by atoms with Crippen LogP contribution < -0.4 is 10.1 Å². The molecule has 134 valence electrons. The van der Waals surface area contributed by atoms with Gasteiger partial charge in [0.25, 0.3) is 17.3 Å². The largest absolute Gasteiger partial charge is 0.482 e. The Hall–Kier alpha value is -4.02. The van der Waals surface area contributed by atoms with Crippen molar-refractivity contribution >= 4 is 28.9 Å². The number of anilines is 1. The third kappa shape index (κ3) is 4.74. The van der Waals surface area contributed by atoms with Gasteiger partial charge in [-0.15, -0.1) is 0 Å². The zero-order valence-electron chi connectivity index (χ0n) is 12.9. The second kappa shape index (κ2) is 7.70. The summed E-state index contributed by atoms with van der Waals surface area (Å²) in [4.78, 5) is 42.6. The minimum atomic E-state index is -1.14. The van der Waals surface area contributed by atoms with E-state index in [0.717, 1.165) is 18.2 Å². The van der Waals surface area contributed by atoms with Crippen LogP contribution in [0.5, 0.6) is 5.75 Å². The maximum absolute atomic E-state index is 12.2. The molecule has 0 heterocycles. The van der Waals surface area contributed by atoms with Crippen LogP contribution in [0.15, 0.2) is 42.5 Å². The first-order chi connectivity index (χ1) is 12.3. The Balaban J connectivity index is 2.17. The number of rotatable bonds is 7. The fourth-order valence-electron chi connectivity index (χ4n) is 1.92. The Morgan fingerprint density at radius 2 is 1.54 bits per heavy atom. The van der Waals surface area contributed by atoms with Crippen molar-refractivity contribution in [2.45, 2.75) is 0 Å². The topological polar surface area (TPSA) is 162 Å². The van der Waals surface area contributed by atoms with Gasteiger partial charge in [0, 0.05) is 17.8 Å². The van der Waals surface area contributed by atoms with Crippen LogP contribution in [0.3, 0.4) is 0 Å². The van der Waals surface area contributed by atoms with Crippen molar-refractivity contribution in [2.24, 2.45) is 0 Å². The second-order valence-corrected chi connectivity index (χ2v) is 4.91. The zero-order valence-corrected chi connectivity index (χ0v) is 12.9. The number of carboxylic acids is 1. The second-order valence-electron chi connectivity index (χ2n) is 4.91. The molecule has 11 nitrogen and oxygen atoms in total. The number of amides is 1. The van der Waals surface area contributed by atoms with Crippen LogP contribution in [0, 0.1) is 20.2 Å². The Morgan fingerprint density at radius 3 is 2.00 bits per heavy atom. The van der Waals surface area contributed by atoms with E-state index in [9.17, 15) is 29.8 Å². The average molecular weight is 361 g/mol. The summed E-state index contributed by atoms with van der Waals surface area (Å²) in [6.07, 6.45) is 0. The molecule has 0 aromatic heterocycles. The van der Waals surface area contributed by atoms with E-state index in [1.165, 1.54) is 24.3 Å². The Morgan fingerprint density at radius 1 is 1.00 bits per heavy atom. The molecule has 2 N–H and O–H groups in total. The van der Waals surface area contributed by atoms with Crippen LogP contribution in [-0.2, 0) is 4.79 Å². The molecule has 26 heavy (non-hydrogen) atoms. The summed E-state index contributed by atoms with van der Waals surface area (Å²) in [6, 6.07) is 8.26. The smallest absolute Gasteiger partial charge is 0.341 e. The Bertz CT molecular complexity index is 847. The SMILES string of the molecule is O=C(O)COc1ccc(NC(=O)c2cc([N+](=O)[O-])cc([N+](=O)[O-])c2)cc1. The molecule has 0 saturated heterocycles. The molecular weight excluding hydrogens is 350 g/mol. The van der Waals surface area contributed by atoms with E-state index in [1.54, 1.807) is 0 Å². The lowest BCUT2D eigenvalue weighted by atomic mass is 10.1. The van der Waals surface area contributed by atoms with Gasteiger partial charge in [-0.25, -0.2) is 4.79 Å². The minimum absolute atomic E-state index is 0.253. The van der Waals surface area contributed by atoms with Crippen molar-refractivity contribution in [3.63, 3.8) is 0 Å². The fraction of sp³-hybridized carbons (Fsp3) is 0.0667. The molecule has 0 aliphatic rings. The number of carbonyl (C=O) groups is 2. The van der Waals surface area contributed by atoms with Crippen molar-refractivity contribution in [3.8, 4) is 5.75 Å². The van der Waals surface area contributed by atoms with Gasteiger partial charge in [0.1, 0.15) is 5.75 Å². The third-order valence-corrected chi connectivity index (χ3v) is 3.06. The molecule has 0 aliphatic carbocycles. The van der Waals surface area contributed by atoms with Crippen LogP contribution in [-0.4, -0.2) is 33.4 Å². The first kappa shape index (κ1) is 18.3. The number of hydrogen-bond acceptors (Lipinski definition) is 7. The van der Waals surface area contributed by atoms with Gasteiger partial charge in [-0.1, -0.05) is 0 Å². The van der Waals surface area contributed by atoms with E-state index in [2.05, 4.69) is 5.32 Å². The van der Waals surface area contributed by atoms with Crippen LogP contribution in [0.4, 0.5) is 17.1 Å². The van der Waals surface area contributed by atoms with E-state index in [-0.39, 0.29) is 17.0 Å². The molecule has 0 spiro atoms.